The monoisotopic (exact) mass is 451 g/mol. The number of amides is 3. The van der Waals surface area contributed by atoms with E-state index in [1.165, 1.54) is 12.1 Å². The minimum atomic E-state index is -1.23. The van der Waals surface area contributed by atoms with Crippen LogP contribution in [0.2, 0.25) is 0 Å². The zero-order valence-corrected chi connectivity index (χ0v) is 17.4. The standard InChI is InChI=1S/C19H29N7O6/c20-13(2-1-7-23-19(21)22)17(31)26-14(8-11-3-5-12(27)6-4-11)18(32)25-9-15(28)24-10-16(29)30/h3-6,13-14,27H,1-2,7-10,20H2,(H,24,28)(H,25,32)(H,26,31)(H,29,30)(H4,21,22,23). The fourth-order valence-corrected chi connectivity index (χ4v) is 2.53. The van der Waals surface area contributed by atoms with E-state index in [4.69, 9.17) is 22.3 Å². The molecule has 0 saturated heterocycles. The van der Waals surface area contributed by atoms with Gasteiger partial charge in [0.1, 0.15) is 18.3 Å². The average molecular weight is 451 g/mol. The average Bonchev–Trinajstić information content (AvgIpc) is 2.74. The molecule has 0 heterocycles. The van der Waals surface area contributed by atoms with Gasteiger partial charge in [-0.25, -0.2) is 0 Å². The van der Waals surface area contributed by atoms with Crippen molar-refractivity contribution in [3.8, 4) is 5.75 Å². The Morgan fingerprint density at radius 3 is 2.25 bits per heavy atom. The number of aliphatic carboxylic acids is 1. The van der Waals surface area contributed by atoms with Gasteiger partial charge in [0.2, 0.25) is 17.7 Å². The Balaban J connectivity index is 2.74. The second-order valence-electron chi connectivity index (χ2n) is 6.88. The van der Waals surface area contributed by atoms with Crippen molar-refractivity contribution in [2.24, 2.45) is 22.2 Å². The van der Waals surface area contributed by atoms with E-state index in [1.807, 2.05) is 0 Å². The molecule has 1 aromatic carbocycles. The first kappa shape index (κ1) is 26.2. The molecule has 0 fully saturated rings. The summed E-state index contributed by atoms with van der Waals surface area (Å²) in [7, 11) is 0. The number of hydrogen-bond donors (Lipinski definition) is 8. The van der Waals surface area contributed by atoms with Crippen LogP contribution in [-0.4, -0.2) is 71.6 Å². The Hall–Kier alpha value is -3.87. The van der Waals surface area contributed by atoms with Gasteiger partial charge in [-0.15, -0.1) is 0 Å². The summed E-state index contributed by atoms with van der Waals surface area (Å²) in [4.78, 5) is 51.0. The topological polar surface area (TPSA) is 235 Å². The van der Waals surface area contributed by atoms with Crippen LogP contribution in [0.5, 0.6) is 5.75 Å². The highest BCUT2D eigenvalue weighted by molar-refractivity contribution is 5.92. The van der Waals surface area contributed by atoms with Gasteiger partial charge in [-0.05, 0) is 30.5 Å². The lowest BCUT2D eigenvalue weighted by Crippen LogP contribution is -2.53. The van der Waals surface area contributed by atoms with E-state index in [1.54, 1.807) is 12.1 Å². The quantitative estimate of drug-likeness (QED) is 0.0871. The van der Waals surface area contributed by atoms with Crippen molar-refractivity contribution < 1.29 is 29.4 Å². The number of carboxylic acid groups (broad SMARTS) is 1. The van der Waals surface area contributed by atoms with Crippen molar-refractivity contribution in [3.05, 3.63) is 29.8 Å². The van der Waals surface area contributed by atoms with E-state index in [0.717, 1.165) is 0 Å². The number of nitrogens with zero attached hydrogens (tertiary/aromatic N) is 1. The second kappa shape index (κ2) is 13.4. The Bertz CT molecular complexity index is 824. The first-order valence-electron chi connectivity index (χ1n) is 9.74. The number of aliphatic imine (C=N–C) groups is 1. The van der Waals surface area contributed by atoms with Crippen LogP contribution in [0, 0.1) is 0 Å². The Morgan fingerprint density at radius 2 is 1.66 bits per heavy atom. The highest BCUT2D eigenvalue weighted by Crippen LogP contribution is 2.11. The molecule has 0 bridgehead atoms. The van der Waals surface area contributed by atoms with Gasteiger partial charge in [0, 0.05) is 13.0 Å². The number of rotatable bonds is 13. The van der Waals surface area contributed by atoms with Gasteiger partial charge in [0.25, 0.3) is 0 Å². The molecule has 0 spiro atoms. The maximum atomic E-state index is 12.6. The van der Waals surface area contributed by atoms with E-state index in [-0.39, 0.29) is 24.6 Å². The van der Waals surface area contributed by atoms with E-state index in [2.05, 4.69) is 20.9 Å². The van der Waals surface area contributed by atoms with Crippen molar-refractivity contribution >= 4 is 29.7 Å². The molecule has 1 aromatic rings. The summed E-state index contributed by atoms with van der Waals surface area (Å²) in [6.45, 7) is -0.762. The number of carbonyl (C=O) groups is 4. The van der Waals surface area contributed by atoms with Gasteiger partial charge in [-0.3, -0.25) is 24.2 Å². The molecule has 0 aliphatic carbocycles. The van der Waals surface area contributed by atoms with Gasteiger partial charge in [0.15, 0.2) is 5.96 Å². The molecule has 13 nitrogen and oxygen atoms in total. The molecule has 1 rings (SSSR count). The van der Waals surface area contributed by atoms with Gasteiger partial charge in [-0.2, -0.15) is 0 Å². The van der Waals surface area contributed by atoms with E-state index < -0.39 is 48.9 Å². The Labute approximate surface area is 184 Å². The number of hydrogen-bond acceptors (Lipinski definition) is 7. The van der Waals surface area contributed by atoms with Crippen LogP contribution >= 0.6 is 0 Å². The van der Waals surface area contributed by atoms with Gasteiger partial charge in [0.05, 0.1) is 12.6 Å². The molecular weight excluding hydrogens is 422 g/mol. The third-order valence-corrected chi connectivity index (χ3v) is 4.17. The van der Waals surface area contributed by atoms with Gasteiger partial charge < -0.3 is 43.4 Å². The predicted molar refractivity (Wildman–Crippen MR) is 115 cm³/mol. The van der Waals surface area contributed by atoms with Crippen LogP contribution in [0.1, 0.15) is 18.4 Å². The lowest BCUT2D eigenvalue weighted by atomic mass is 10.0. The lowest BCUT2D eigenvalue weighted by molar-refractivity contribution is -0.138. The molecule has 2 atom stereocenters. The molecule has 13 heteroatoms. The third kappa shape index (κ3) is 10.8. The van der Waals surface area contributed by atoms with Crippen molar-refractivity contribution in [2.75, 3.05) is 19.6 Å². The van der Waals surface area contributed by atoms with Crippen LogP contribution in [0.3, 0.4) is 0 Å². The summed E-state index contributed by atoms with van der Waals surface area (Å²) in [6, 6.07) is 4.04. The third-order valence-electron chi connectivity index (χ3n) is 4.17. The van der Waals surface area contributed by atoms with Gasteiger partial charge in [-0.1, -0.05) is 12.1 Å². The number of phenols is 1. The van der Waals surface area contributed by atoms with E-state index in [0.29, 0.717) is 18.5 Å². The Morgan fingerprint density at radius 1 is 1.00 bits per heavy atom. The zero-order valence-electron chi connectivity index (χ0n) is 17.4. The minimum absolute atomic E-state index is 0.0386. The lowest BCUT2D eigenvalue weighted by Gasteiger charge is -2.21. The van der Waals surface area contributed by atoms with E-state index in [9.17, 15) is 24.3 Å². The van der Waals surface area contributed by atoms with Crippen LogP contribution in [0.25, 0.3) is 0 Å². The van der Waals surface area contributed by atoms with Crippen molar-refractivity contribution in [1.82, 2.24) is 16.0 Å². The van der Waals surface area contributed by atoms with Gasteiger partial charge >= 0.3 is 5.97 Å². The number of phenolic OH excluding ortho intramolecular Hbond substituents is 1. The number of guanidine groups is 1. The summed E-state index contributed by atoms with van der Waals surface area (Å²) in [6.07, 6.45) is 0.786. The van der Waals surface area contributed by atoms with Crippen LogP contribution in [0.4, 0.5) is 0 Å². The summed E-state index contributed by atoms with van der Waals surface area (Å²) in [5, 5.41) is 25.0. The molecule has 0 aliphatic rings. The highest BCUT2D eigenvalue weighted by atomic mass is 16.4. The first-order valence-corrected chi connectivity index (χ1v) is 9.74. The first-order chi connectivity index (χ1) is 15.1. The van der Waals surface area contributed by atoms with Crippen LogP contribution < -0.4 is 33.2 Å². The summed E-state index contributed by atoms with van der Waals surface area (Å²) in [5.41, 5.74) is 17.0. The van der Waals surface area contributed by atoms with Crippen molar-refractivity contribution in [3.63, 3.8) is 0 Å². The molecule has 176 valence electrons. The molecule has 0 saturated carbocycles. The molecule has 0 aliphatic heterocycles. The molecular formula is C19H29N7O6. The smallest absolute Gasteiger partial charge is 0.322 e. The fraction of sp³-hybridized carbons (Fsp3) is 0.421. The molecule has 3 amide bonds. The normalized spacial score (nSPS) is 12.2. The molecule has 0 radical (unpaired) electrons. The maximum absolute atomic E-state index is 12.6. The molecule has 0 aromatic heterocycles. The number of carboxylic acids is 1. The summed E-state index contributed by atoms with van der Waals surface area (Å²) < 4.78 is 0. The minimum Gasteiger partial charge on any atom is -0.508 e. The zero-order chi connectivity index (χ0) is 24.1. The number of carbonyl (C=O) groups excluding carboxylic acids is 3. The van der Waals surface area contributed by atoms with Crippen molar-refractivity contribution in [2.45, 2.75) is 31.3 Å². The largest absolute Gasteiger partial charge is 0.508 e. The molecule has 32 heavy (non-hydrogen) atoms. The number of benzene rings is 1. The Kier molecular flexibility index (Phi) is 11.0. The fourth-order valence-electron chi connectivity index (χ4n) is 2.53. The summed E-state index contributed by atoms with van der Waals surface area (Å²) >= 11 is 0. The second-order valence-corrected chi connectivity index (χ2v) is 6.88. The summed E-state index contributed by atoms with van der Waals surface area (Å²) in [5.74, 6) is -3.20. The molecule has 11 N–H and O–H groups in total. The van der Waals surface area contributed by atoms with E-state index >= 15 is 0 Å². The van der Waals surface area contributed by atoms with Crippen LogP contribution in [0.15, 0.2) is 29.3 Å². The number of nitrogens with two attached hydrogens (primary N) is 3. The molecule has 2 unspecified atom stereocenters. The number of nitrogens with one attached hydrogen (secondary N) is 3. The predicted octanol–water partition coefficient (Wildman–Crippen LogP) is -2.88. The van der Waals surface area contributed by atoms with Crippen molar-refractivity contribution in [1.29, 1.82) is 0 Å². The van der Waals surface area contributed by atoms with Crippen LogP contribution in [-0.2, 0) is 25.6 Å². The SMILES string of the molecule is NC(N)=NCCCC(N)C(=O)NC(Cc1ccc(O)cc1)C(=O)NCC(=O)NCC(=O)O. The number of aromatic hydroxyl groups is 1. The maximum Gasteiger partial charge on any atom is 0.322 e. The highest BCUT2D eigenvalue weighted by Gasteiger charge is 2.24.